The number of nitrogens with zero attached hydrogens (tertiary/aromatic N) is 2. The third kappa shape index (κ3) is 5.72. The van der Waals surface area contributed by atoms with E-state index in [0.717, 1.165) is 46.3 Å². The molecule has 0 bridgehead atoms. The summed E-state index contributed by atoms with van der Waals surface area (Å²) in [6.45, 7) is 4.11. The number of aliphatic hydroxyl groups excluding tert-OH is 1. The normalized spacial score (nSPS) is 17.0. The topological polar surface area (TPSA) is 76.6 Å². The van der Waals surface area contributed by atoms with Crippen molar-refractivity contribution < 1.29 is 9.90 Å². The van der Waals surface area contributed by atoms with Gasteiger partial charge in [-0.15, -0.1) is 0 Å². The van der Waals surface area contributed by atoms with Crippen molar-refractivity contribution in [3.63, 3.8) is 0 Å². The highest BCUT2D eigenvalue weighted by Gasteiger charge is 2.28. The average Bonchev–Trinajstić information content (AvgIpc) is 3.39. The van der Waals surface area contributed by atoms with Crippen LogP contribution in [0.1, 0.15) is 42.5 Å². The Kier molecular flexibility index (Phi) is 7.29. The average molecular weight is 464 g/mol. The molecule has 1 amide bonds. The first-order chi connectivity index (χ1) is 15.9. The lowest BCUT2D eigenvalue weighted by atomic mass is 10.0. The predicted octanol–water partition coefficient (Wildman–Crippen LogP) is 3.16. The molecule has 33 heavy (non-hydrogen) atoms. The molecule has 0 saturated carbocycles. The van der Waals surface area contributed by atoms with Gasteiger partial charge in [-0.3, -0.25) is 14.5 Å². The monoisotopic (exact) mass is 463 g/mol. The van der Waals surface area contributed by atoms with Crippen LogP contribution in [0.4, 0.5) is 0 Å². The van der Waals surface area contributed by atoms with Crippen molar-refractivity contribution in [1.82, 2.24) is 14.8 Å². The van der Waals surface area contributed by atoms with Crippen molar-refractivity contribution >= 4 is 27.5 Å². The minimum absolute atomic E-state index is 0.00159. The maximum absolute atomic E-state index is 13.3. The van der Waals surface area contributed by atoms with E-state index < -0.39 is 0 Å². The third-order valence-corrected chi connectivity index (χ3v) is 6.92. The summed E-state index contributed by atoms with van der Waals surface area (Å²) in [5.74, 6) is 6.30. The van der Waals surface area contributed by atoms with E-state index in [4.69, 9.17) is 0 Å². The van der Waals surface area contributed by atoms with Crippen LogP contribution in [0.25, 0.3) is 10.2 Å². The van der Waals surface area contributed by atoms with Crippen LogP contribution in [-0.2, 0) is 11.2 Å². The molecule has 1 aliphatic heterocycles. The Bertz CT molecular complexity index is 1250. The van der Waals surface area contributed by atoms with Crippen LogP contribution in [0.15, 0.2) is 47.3 Å². The maximum Gasteiger partial charge on any atom is 0.305 e. The summed E-state index contributed by atoms with van der Waals surface area (Å²) in [5, 5.41) is 9.99. The molecule has 0 radical (unpaired) electrons. The maximum atomic E-state index is 13.3. The number of carbonyl (C=O) groups excluding carboxylic acids is 1. The van der Waals surface area contributed by atoms with E-state index in [-0.39, 0.29) is 29.3 Å². The van der Waals surface area contributed by atoms with E-state index >= 15 is 0 Å². The molecule has 1 fully saturated rings. The molecule has 4 rings (SSSR count). The summed E-state index contributed by atoms with van der Waals surface area (Å²) in [5.41, 5.74) is 3.61. The fraction of sp³-hybridized carbons (Fsp3) is 0.385. The summed E-state index contributed by atoms with van der Waals surface area (Å²) >= 11 is 1.17. The minimum atomic E-state index is -0.312. The number of hydrogen-bond acceptors (Lipinski definition) is 5. The zero-order chi connectivity index (χ0) is 23.4. The van der Waals surface area contributed by atoms with Crippen molar-refractivity contribution in [2.75, 3.05) is 26.7 Å². The molecule has 0 spiro atoms. The molecule has 2 heterocycles. The number of β-amino-alcohol motifs (C(OH)–C–C–N with tert-alkyl or cyclic N) is 1. The van der Waals surface area contributed by atoms with Crippen molar-refractivity contribution in [2.24, 2.45) is 0 Å². The van der Waals surface area contributed by atoms with Gasteiger partial charge in [0.25, 0.3) is 0 Å². The number of aromatic amines is 1. The molecule has 2 atom stereocenters. The molecule has 1 aromatic heterocycles. The van der Waals surface area contributed by atoms with Gasteiger partial charge in [-0.1, -0.05) is 48.3 Å². The van der Waals surface area contributed by atoms with Gasteiger partial charge in [0.2, 0.25) is 5.91 Å². The van der Waals surface area contributed by atoms with Crippen LogP contribution >= 0.6 is 11.3 Å². The second-order valence-electron chi connectivity index (χ2n) is 8.53. The fourth-order valence-electron chi connectivity index (χ4n) is 4.27. The number of hydrogen-bond donors (Lipinski definition) is 2. The number of aromatic nitrogens is 1. The Balaban J connectivity index is 1.57. The molecule has 2 aromatic carbocycles. The van der Waals surface area contributed by atoms with Gasteiger partial charge in [-0.2, -0.15) is 0 Å². The summed E-state index contributed by atoms with van der Waals surface area (Å²) in [4.78, 5) is 31.7. The van der Waals surface area contributed by atoms with E-state index in [2.05, 4.69) is 27.8 Å². The quantitative estimate of drug-likeness (QED) is 0.551. The number of likely N-dealkylation sites (tertiary alicyclic amines) is 1. The Morgan fingerprint density at radius 2 is 2.18 bits per heavy atom. The molecular formula is C26H29N3O3S. The number of H-pyrrole nitrogens is 1. The van der Waals surface area contributed by atoms with Crippen molar-refractivity contribution in [2.45, 2.75) is 38.3 Å². The molecule has 1 aliphatic rings. The Morgan fingerprint density at radius 1 is 1.33 bits per heavy atom. The first-order valence-corrected chi connectivity index (χ1v) is 12.1. The van der Waals surface area contributed by atoms with Gasteiger partial charge in [-0.05, 0) is 41.8 Å². The Labute approximate surface area is 197 Å². The number of likely N-dealkylation sites (N-methyl/N-ethyl adjacent to an activating group) is 1. The smallest absolute Gasteiger partial charge is 0.305 e. The highest BCUT2D eigenvalue weighted by atomic mass is 32.1. The first kappa shape index (κ1) is 23.2. The van der Waals surface area contributed by atoms with Crippen LogP contribution in [0.5, 0.6) is 0 Å². The number of thiazole rings is 1. The lowest BCUT2D eigenvalue weighted by Gasteiger charge is -2.32. The zero-order valence-electron chi connectivity index (χ0n) is 19.0. The third-order valence-electron chi connectivity index (χ3n) is 6.06. The number of rotatable bonds is 6. The standard InChI is InChI=1S/C26H29N3O3S/c1-3-4-6-18-7-5-8-20(13-18)23(17-29-12-11-21(30)16-29)28(2)25(31)15-19-9-10-24-22(14-19)27-26(32)33-24/h5,7-10,13-14,21,23,30H,3,11-12,15-17H2,1-2H3,(H,27,32)/t21-,23+/m0/s1. The Morgan fingerprint density at radius 3 is 2.94 bits per heavy atom. The number of benzene rings is 2. The van der Waals surface area contributed by atoms with E-state index in [1.54, 1.807) is 4.90 Å². The van der Waals surface area contributed by atoms with Crippen molar-refractivity contribution in [1.29, 1.82) is 0 Å². The summed E-state index contributed by atoms with van der Waals surface area (Å²) in [6.07, 6.45) is 1.48. The summed E-state index contributed by atoms with van der Waals surface area (Å²) in [6, 6.07) is 13.6. The zero-order valence-corrected chi connectivity index (χ0v) is 19.8. The lowest BCUT2D eigenvalue weighted by molar-refractivity contribution is -0.131. The molecule has 172 valence electrons. The van der Waals surface area contributed by atoms with Crippen LogP contribution in [0.3, 0.4) is 0 Å². The van der Waals surface area contributed by atoms with Crippen LogP contribution < -0.4 is 4.87 Å². The van der Waals surface area contributed by atoms with Crippen LogP contribution in [-0.4, -0.2) is 58.6 Å². The number of aliphatic hydroxyl groups is 1. The molecule has 2 N–H and O–H groups in total. The van der Waals surface area contributed by atoms with Gasteiger partial charge in [0, 0.05) is 38.7 Å². The summed E-state index contributed by atoms with van der Waals surface area (Å²) in [7, 11) is 1.84. The van der Waals surface area contributed by atoms with E-state index in [0.29, 0.717) is 13.1 Å². The van der Waals surface area contributed by atoms with Crippen LogP contribution in [0, 0.1) is 11.8 Å². The summed E-state index contributed by atoms with van der Waals surface area (Å²) < 4.78 is 0.889. The fourth-order valence-corrected chi connectivity index (χ4v) is 4.99. The van der Waals surface area contributed by atoms with Gasteiger partial charge >= 0.3 is 4.87 Å². The SMILES string of the molecule is CCC#Cc1cccc([C@@H](CN2CC[C@H](O)C2)N(C)C(=O)Cc2ccc3sc(=O)[nH]c3c2)c1. The molecule has 3 aromatic rings. The van der Waals surface area contributed by atoms with Crippen molar-refractivity contribution in [3.8, 4) is 11.8 Å². The van der Waals surface area contributed by atoms with Gasteiger partial charge in [-0.25, -0.2) is 0 Å². The molecule has 1 saturated heterocycles. The number of fused-ring (bicyclic) bond motifs is 1. The second kappa shape index (κ2) is 10.3. The molecular weight excluding hydrogens is 434 g/mol. The minimum Gasteiger partial charge on any atom is -0.392 e. The number of nitrogens with one attached hydrogen (secondary N) is 1. The van der Waals surface area contributed by atoms with Gasteiger partial charge in [0.1, 0.15) is 0 Å². The van der Waals surface area contributed by atoms with E-state index in [1.807, 2.05) is 50.4 Å². The molecule has 0 unspecified atom stereocenters. The number of amides is 1. The highest BCUT2D eigenvalue weighted by molar-refractivity contribution is 7.16. The second-order valence-corrected chi connectivity index (χ2v) is 9.54. The molecule has 0 aliphatic carbocycles. The van der Waals surface area contributed by atoms with Gasteiger partial charge in [0.05, 0.1) is 28.8 Å². The lowest BCUT2D eigenvalue weighted by Crippen LogP contribution is -2.39. The number of carbonyl (C=O) groups is 1. The van der Waals surface area contributed by atoms with Crippen LogP contribution in [0.2, 0.25) is 0 Å². The Hall–Kier alpha value is -2.92. The highest BCUT2D eigenvalue weighted by Crippen LogP contribution is 2.25. The van der Waals surface area contributed by atoms with Gasteiger partial charge in [0.15, 0.2) is 0 Å². The largest absolute Gasteiger partial charge is 0.392 e. The first-order valence-electron chi connectivity index (χ1n) is 11.3. The van der Waals surface area contributed by atoms with E-state index in [1.165, 1.54) is 11.3 Å². The van der Waals surface area contributed by atoms with Gasteiger partial charge < -0.3 is 15.0 Å². The predicted molar refractivity (Wildman–Crippen MR) is 132 cm³/mol. The molecule has 7 heteroatoms. The van der Waals surface area contributed by atoms with Crippen molar-refractivity contribution in [3.05, 3.63) is 68.8 Å². The molecule has 6 nitrogen and oxygen atoms in total. The van der Waals surface area contributed by atoms with E-state index in [9.17, 15) is 14.7 Å².